The normalized spacial score (nSPS) is 16.3. The van der Waals surface area contributed by atoms with Crippen molar-refractivity contribution in [3.05, 3.63) is 21.9 Å². The number of carbonyl (C=O) groups excluding carboxylic acids is 2. The Balaban J connectivity index is 1.74. The van der Waals surface area contributed by atoms with E-state index in [1.54, 1.807) is 11.3 Å². The molecule has 0 aliphatic carbocycles. The molecule has 1 aromatic heterocycles. The number of nitrogens with zero attached hydrogens (tertiary/aromatic N) is 1. The molecule has 1 saturated heterocycles. The number of piperidine rings is 1. The molecule has 6 heteroatoms. The molecule has 0 saturated carbocycles. The first-order valence-electron chi connectivity index (χ1n) is 8.07. The number of rotatable bonds is 3. The highest BCUT2D eigenvalue weighted by Gasteiger charge is 2.25. The number of aryl methyl sites for hydroxylation is 1. The molecule has 2 rings (SSSR count). The Hall–Kier alpha value is -1.56. The van der Waals surface area contributed by atoms with Gasteiger partial charge in [0.05, 0.1) is 4.88 Å². The molecule has 1 aliphatic rings. The van der Waals surface area contributed by atoms with Gasteiger partial charge in [0, 0.05) is 24.5 Å². The third-order valence-electron chi connectivity index (χ3n) is 3.79. The third-order valence-corrected chi connectivity index (χ3v) is 4.78. The number of alkyl carbamates (subject to hydrolysis) is 1. The maximum absolute atomic E-state index is 12.4. The van der Waals surface area contributed by atoms with Gasteiger partial charge in [0.15, 0.2) is 0 Å². The second-order valence-corrected chi connectivity index (χ2v) is 8.32. The molecule has 0 atom stereocenters. The fraction of sp³-hybridized carbons (Fsp3) is 0.647. The van der Waals surface area contributed by atoms with Crippen molar-refractivity contribution in [2.75, 3.05) is 19.6 Å². The average Bonchev–Trinajstić information content (AvgIpc) is 2.90. The lowest BCUT2D eigenvalue weighted by atomic mass is 9.97. The van der Waals surface area contributed by atoms with E-state index in [0.29, 0.717) is 12.5 Å². The SMILES string of the molecule is Cc1ccc(C(=O)N2CCC(CNC(=O)OC(C)(C)C)CC2)s1. The average molecular weight is 338 g/mol. The molecule has 0 aromatic carbocycles. The maximum atomic E-state index is 12.4. The summed E-state index contributed by atoms with van der Waals surface area (Å²) < 4.78 is 5.24. The van der Waals surface area contributed by atoms with E-state index in [0.717, 1.165) is 35.7 Å². The van der Waals surface area contributed by atoms with Gasteiger partial charge >= 0.3 is 6.09 Å². The van der Waals surface area contributed by atoms with Gasteiger partial charge in [0.25, 0.3) is 5.91 Å². The third kappa shape index (κ3) is 5.53. The summed E-state index contributed by atoms with van der Waals surface area (Å²) >= 11 is 1.54. The monoisotopic (exact) mass is 338 g/mol. The van der Waals surface area contributed by atoms with Gasteiger partial charge < -0.3 is 15.0 Å². The van der Waals surface area contributed by atoms with Gasteiger partial charge in [-0.15, -0.1) is 11.3 Å². The van der Waals surface area contributed by atoms with Crippen molar-refractivity contribution in [2.45, 2.75) is 46.1 Å². The largest absolute Gasteiger partial charge is 0.444 e. The Morgan fingerprint density at radius 2 is 1.96 bits per heavy atom. The second-order valence-electron chi connectivity index (χ2n) is 7.03. The van der Waals surface area contributed by atoms with Crippen molar-refractivity contribution in [2.24, 2.45) is 5.92 Å². The van der Waals surface area contributed by atoms with Crippen molar-refractivity contribution in [1.29, 1.82) is 0 Å². The minimum atomic E-state index is -0.474. The molecule has 0 spiro atoms. The van der Waals surface area contributed by atoms with Crippen LogP contribution in [0.5, 0.6) is 0 Å². The highest BCUT2D eigenvalue weighted by atomic mass is 32.1. The van der Waals surface area contributed by atoms with Gasteiger partial charge in [0.1, 0.15) is 5.60 Å². The zero-order valence-corrected chi connectivity index (χ0v) is 15.2. The molecule has 1 aliphatic heterocycles. The summed E-state index contributed by atoms with van der Waals surface area (Å²) in [6.45, 7) is 9.66. The molecule has 0 bridgehead atoms. The van der Waals surface area contributed by atoms with Gasteiger partial charge in [-0.25, -0.2) is 4.79 Å². The van der Waals surface area contributed by atoms with Gasteiger partial charge in [-0.3, -0.25) is 4.79 Å². The summed E-state index contributed by atoms with van der Waals surface area (Å²) in [5.41, 5.74) is -0.474. The van der Waals surface area contributed by atoms with E-state index in [-0.39, 0.29) is 12.0 Å². The van der Waals surface area contributed by atoms with E-state index < -0.39 is 5.60 Å². The Bertz CT molecular complexity index is 554. The molecule has 1 N–H and O–H groups in total. The Morgan fingerprint density at radius 3 is 2.48 bits per heavy atom. The summed E-state index contributed by atoms with van der Waals surface area (Å²) in [7, 11) is 0. The molecule has 1 fully saturated rings. The number of carbonyl (C=O) groups is 2. The number of nitrogens with one attached hydrogen (secondary N) is 1. The smallest absolute Gasteiger partial charge is 0.407 e. The van der Waals surface area contributed by atoms with Crippen LogP contribution in [0, 0.1) is 12.8 Å². The summed E-state index contributed by atoms with van der Waals surface area (Å²) in [5, 5.41) is 2.83. The lowest BCUT2D eigenvalue weighted by Gasteiger charge is -2.32. The van der Waals surface area contributed by atoms with Crippen LogP contribution in [-0.2, 0) is 4.74 Å². The van der Waals surface area contributed by atoms with E-state index in [1.165, 1.54) is 0 Å². The molecule has 0 radical (unpaired) electrons. The van der Waals surface area contributed by atoms with Crippen molar-refractivity contribution >= 4 is 23.3 Å². The first-order valence-corrected chi connectivity index (χ1v) is 8.89. The molecule has 23 heavy (non-hydrogen) atoms. The van der Waals surface area contributed by atoms with Crippen LogP contribution < -0.4 is 5.32 Å². The Kier molecular flexibility index (Phi) is 5.68. The van der Waals surface area contributed by atoms with Crippen molar-refractivity contribution in [3.8, 4) is 0 Å². The van der Waals surface area contributed by atoms with Crippen LogP contribution in [0.25, 0.3) is 0 Å². The molecule has 1 aromatic rings. The van der Waals surface area contributed by atoms with Gasteiger partial charge in [0.2, 0.25) is 0 Å². The van der Waals surface area contributed by atoms with E-state index in [9.17, 15) is 9.59 Å². The van der Waals surface area contributed by atoms with Crippen LogP contribution in [0.2, 0.25) is 0 Å². The van der Waals surface area contributed by atoms with Crippen LogP contribution in [0.4, 0.5) is 4.79 Å². The van der Waals surface area contributed by atoms with Gasteiger partial charge in [-0.1, -0.05) is 0 Å². The number of ether oxygens (including phenoxy) is 1. The van der Waals surface area contributed by atoms with Crippen LogP contribution >= 0.6 is 11.3 Å². The lowest BCUT2D eigenvalue weighted by molar-refractivity contribution is 0.0500. The number of amides is 2. The molecule has 2 amide bonds. The lowest BCUT2D eigenvalue weighted by Crippen LogP contribution is -2.42. The highest BCUT2D eigenvalue weighted by molar-refractivity contribution is 7.13. The highest BCUT2D eigenvalue weighted by Crippen LogP contribution is 2.22. The fourth-order valence-electron chi connectivity index (χ4n) is 2.59. The second kappa shape index (κ2) is 7.34. The Morgan fingerprint density at radius 1 is 1.30 bits per heavy atom. The zero-order chi connectivity index (χ0) is 17.0. The fourth-order valence-corrected chi connectivity index (χ4v) is 3.42. The van der Waals surface area contributed by atoms with Crippen molar-refractivity contribution < 1.29 is 14.3 Å². The Labute approximate surface area is 142 Å². The van der Waals surface area contributed by atoms with Crippen molar-refractivity contribution in [1.82, 2.24) is 10.2 Å². The number of likely N-dealkylation sites (tertiary alicyclic amines) is 1. The summed E-state index contributed by atoms with van der Waals surface area (Å²) in [4.78, 5) is 27.9. The topological polar surface area (TPSA) is 58.6 Å². The molecule has 0 unspecified atom stereocenters. The molecule has 5 nitrogen and oxygen atoms in total. The van der Waals surface area contributed by atoms with E-state index in [4.69, 9.17) is 4.74 Å². The standard InChI is InChI=1S/C17H26N2O3S/c1-12-5-6-14(23-12)15(20)19-9-7-13(8-10-19)11-18-16(21)22-17(2,3)4/h5-6,13H,7-11H2,1-4H3,(H,18,21). The van der Waals surface area contributed by atoms with Gasteiger partial charge in [-0.05, 0) is 58.6 Å². The predicted molar refractivity (Wildman–Crippen MR) is 91.9 cm³/mol. The van der Waals surface area contributed by atoms with E-state index in [1.807, 2.05) is 44.7 Å². The quantitative estimate of drug-likeness (QED) is 0.918. The van der Waals surface area contributed by atoms with E-state index in [2.05, 4.69) is 5.32 Å². The first-order chi connectivity index (χ1) is 10.7. The summed E-state index contributed by atoms with van der Waals surface area (Å²) in [6.07, 6.45) is 1.45. The first kappa shape index (κ1) is 17.8. The maximum Gasteiger partial charge on any atom is 0.407 e. The van der Waals surface area contributed by atoms with Crippen LogP contribution in [-0.4, -0.2) is 42.1 Å². The summed E-state index contributed by atoms with van der Waals surface area (Å²) in [5.74, 6) is 0.526. The molecular formula is C17H26N2O3S. The van der Waals surface area contributed by atoms with Gasteiger partial charge in [-0.2, -0.15) is 0 Å². The van der Waals surface area contributed by atoms with Crippen LogP contribution in [0.1, 0.15) is 48.2 Å². The van der Waals surface area contributed by atoms with Crippen LogP contribution in [0.15, 0.2) is 12.1 Å². The molecule has 2 heterocycles. The molecular weight excluding hydrogens is 312 g/mol. The minimum absolute atomic E-state index is 0.127. The minimum Gasteiger partial charge on any atom is -0.444 e. The number of hydrogen-bond acceptors (Lipinski definition) is 4. The number of hydrogen-bond donors (Lipinski definition) is 1. The summed E-state index contributed by atoms with van der Waals surface area (Å²) in [6, 6.07) is 3.88. The van der Waals surface area contributed by atoms with Crippen LogP contribution in [0.3, 0.4) is 0 Å². The predicted octanol–water partition coefficient (Wildman–Crippen LogP) is 3.43. The van der Waals surface area contributed by atoms with Crippen molar-refractivity contribution in [3.63, 3.8) is 0 Å². The van der Waals surface area contributed by atoms with E-state index >= 15 is 0 Å². The zero-order valence-electron chi connectivity index (χ0n) is 14.3. The molecule has 128 valence electrons. The number of thiophene rings is 1.